The Kier molecular flexibility index (Phi) is 4.06. The van der Waals surface area contributed by atoms with Crippen LogP contribution >= 0.6 is 0 Å². The van der Waals surface area contributed by atoms with Crippen LogP contribution in [0.1, 0.15) is 25.7 Å². The predicted octanol–water partition coefficient (Wildman–Crippen LogP) is 1.08. The largest absolute Gasteiger partial charge is 0.392 e. The van der Waals surface area contributed by atoms with Gasteiger partial charge in [-0.05, 0) is 25.2 Å². The van der Waals surface area contributed by atoms with Crippen LogP contribution in [-0.2, 0) is 4.74 Å². The monoisotopic (exact) mass is 169 g/mol. The lowest BCUT2D eigenvalue weighted by Crippen LogP contribution is -2.20. The molecule has 1 unspecified atom stereocenters. The third kappa shape index (κ3) is 3.21. The van der Waals surface area contributed by atoms with Crippen LogP contribution in [-0.4, -0.2) is 24.4 Å². The van der Waals surface area contributed by atoms with Crippen molar-refractivity contribution in [3.05, 3.63) is 0 Å². The standard InChI is InChI=1S/C9H15NO2/c10-4-1-9(11)7-8-2-5-12-6-3-8/h8-9,11H,1-3,5-7H2. The van der Waals surface area contributed by atoms with E-state index in [1.807, 2.05) is 6.07 Å². The van der Waals surface area contributed by atoms with Crippen molar-refractivity contribution in [1.82, 2.24) is 0 Å². The van der Waals surface area contributed by atoms with Crippen LogP contribution in [0.3, 0.4) is 0 Å². The van der Waals surface area contributed by atoms with Gasteiger partial charge in [-0.3, -0.25) is 0 Å². The summed E-state index contributed by atoms with van der Waals surface area (Å²) in [7, 11) is 0. The highest BCUT2D eigenvalue weighted by Gasteiger charge is 2.17. The number of ether oxygens (including phenoxy) is 1. The number of nitrogens with zero attached hydrogens (tertiary/aromatic N) is 1. The minimum atomic E-state index is -0.432. The van der Waals surface area contributed by atoms with Crippen molar-refractivity contribution in [2.45, 2.75) is 31.8 Å². The Balaban J connectivity index is 2.16. The maximum atomic E-state index is 9.34. The van der Waals surface area contributed by atoms with Gasteiger partial charge in [0.05, 0.1) is 18.6 Å². The molecule has 1 rings (SSSR count). The van der Waals surface area contributed by atoms with Gasteiger partial charge in [-0.15, -0.1) is 0 Å². The molecule has 12 heavy (non-hydrogen) atoms. The molecule has 1 aliphatic heterocycles. The average molecular weight is 169 g/mol. The van der Waals surface area contributed by atoms with Gasteiger partial charge in [0.2, 0.25) is 0 Å². The number of rotatable bonds is 3. The molecule has 3 heteroatoms. The van der Waals surface area contributed by atoms with Crippen molar-refractivity contribution in [3.63, 3.8) is 0 Å². The lowest BCUT2D eigenvalue weighted by molar-refractivity contribution is 0.0447. The molecule has 1 fully saturated rings. The van der Waals surface area contributed by atoms with Crippen molar-refractivity contribution in [1.29, 1.82) is 5.26 Å². The molecule has 0 aromatic heterocycles. The summed E-state index contributed by atoms with van der Waals surface area (Å²) in [6, 6.07) is 1.98. The van der Waals surface area contributed by atoms with E-state index in [-0.39, 0.29) is 6.42 Å². The minimum absolute atomic E-state index is 0.261. The zero-order chi connectivity index (χ0) is 8.81. The number of aliphatic hydroxyl groups excluding tert-OH is 1. The summed E-state index contributed by atoms with van der Waals surface area (Å²) in [5.74, 6) is 0.557. The van der Waals surface area contributed by atoms with Gasteiger partial charge < -0.3 is 9.84 Å². The smallest absolute Gasteiger partial charge is 0.0672 e. The second-order valence-electron chi connectivity index (χ2n) is 3.31. The first-order valence-electron chi connectivity index (χ1n) is 4.45. The SMILES string of the molecule is N#CCC(O)CC1CCOCC1. The minimum Gasteiger partial charge on any atom is -0.392 e. The lowest BCUT2D eigenvalue weighted by Gasteiger charge is -2.23. The number of nitriles is 1. The first kappa shape index (κ1) is 9.50. The van der Waals surface area contributed by atoms with Crippen LogP contribution in [0.4, 0.5) is 0 Å². The number of hydrogen-bond donors (Lipinski definition) is 1. The van der Waals surface area contributed by atoms with Crippen LogP contribution in [0.5, 0.6) is 0 Å². The Labute approximate surface area is 73.0 Å². The van der Waals surface area contributed by atoms with Crippen molar-refractivity contribution in [2.75, 3.05) is 13.2 Å². The highest BCUT2D eigenvalue weighted by atomic mass is 16.5. The summed E-state index contributed by atoms with van der Waals surface area (Å²) in [6.45, 7) is 1.62. The quantitative estimate of drug-likeness (QED) is 0.687. The van der Waals surface area contributed by atoms with Gasteiger partial charge in [0.1, 0.15) is 0 Å². The molecule has 0 spiro atoms. The van der Waals surface area contributed by atoms with Gasteiger partial charge in [0, 0.05) is 13.2 Å². The molecule has 0 aromatic carbocycles. The van der Waals surface area contributed by atoms with Gasteiger partial charge in [0.15, 0.2) is 0 Å². The average Bonchev–Trinajstić information content (AvgIpc) is 2.06. The maximum Gasteiger partial charge on any atom is 0.0672 e. The molecular formula is C9H15NO2. The molecule has 0 amide bonds. The van der Waals surface area contributed by atoms with Crippen LogP contribution in [0, 0.1) is 17.2 Å². The van der Waals surface area contributed by atoms with E-state index in [1.165, 1.54) is 0 Å². The zero-order valence-corrected chi connectivity index (χ0v) is 7.20. The molecule has 1 aliphatic rings. The highest BCUT2D eigenvalue weighted by Crippen LogP contribution is 2.20. The Morgan fingerprint density at radius 1 is 1.50 bits per heavy atom. The van der Waals surface area contributed by atoms with Gasteiger partial charge in [0.25, 0.3) is 0 Å². The van der Waals surface area contributed by atoms with Crippen molar-refractivity contribution < 1.29 is 9.84 Å². The fraction of sp³-hybridized carbons (Fsp3) is 0.889. The van der Waals surface area contributed by atoms with Gasteiger partial charge >= 0.3 is 0 Å². The summed E-state index contributed by atoms with van der Waals surface area (Å²) < 4.78 is 5.19. The number of hydrogen-bond acceptors (Lipinski definition) is 3. The Bertz CT molecular complexity index is 158. The molecule has 1 atom stereocenters. The third-order valence-electron chi connectivity index (χ3n) is 2.27. The van der Waals surface area contributed by atoms with Crippen LogP contribution < -0.4 is 0 Å². The Morgan fingerprint density at radius 3 is 2.75 bits per heavy atom. The molecule has 0 aromatic rings. The van der Waals surface area contributed by atoms with E-state index in [0.717, 1.165) is 32.5 Å². The Morgan fingerprint density at radius 2 is 2.17 bits per heavy atom. The summed E-state index contributed by atoms with van der Waals surface area (Å²) in [4.78, 5) is 0. The molecule has 1 heterocycles. The summed E-state index contributed by atoms with van der Waals surface area (Å²) in [5.41, 5.74) is 0. The number of aliphatic hydroxyl groups is 1. The lowest BCUT2D eigenvalue weighted by atomic mass is 9.93. The summed E-state index contributed by atoms with van der Waals surface area (Å²) in [6.07, 6.45) is 2.65. The van der Waals surface area contributed by atoms with E-state index in [2.05, 4.69) is 0 Å². The van der Waals surface area contributed by atoms with E-state index < -0.39 is 6.10 Å². The molecule has 1 saturated heterocycles. The van der Waals surface area contributed by atoms with Crippen molar-refractivity contribution in [2.24, 2.45) is 5.92 Å². The van der Waals surface area contributed by atoms with E-state index in [1.54, 1.807) is 0 Å². The molecule has 0 aliphatic carbocycles. The fourth-order valence-corrected chi connectivity index (χ4v) is 1.56. The van der Waals surface area contributed by atoms with Crippen molar-refractivity contribution >= 4 is 0 Å². The molecule has 0 bridgehead atoms. The van der Waals surface area contributed by atoms with Gasteiger partial charge in [-0.1, -0.05) is 0 Å². The molecule has 68 valence electrons. The van der Waals surface area contributed by atoms with Crippen LogP contribution in [0.25, 0.3) is 0 Å². The van der Waals surface area contributed by atoms with E-state index >= 15 is 0 Å². The topological polar surface area (TPSA) is 53.2 Å². The zero-order valence-electron chi connectivity index (χ0n) is 7.20. The van der Waals surface area contributed by atoms with Gasteiger partial charge in [-0.2, -0.15) is 5.26 Å². The first-order valence-corrected chi connectivity index (χ1v) is 4.45. The van der Waals surface area contributed by atoms with E-state index in [9.17, 15) is 5.11 Å². The van der Waals surface area contributed by atoms with Crippen molar-refractivity contribution in [3.8, 4) is 6.07 Å². The highest BCUT2D eigenvalue weighted by molar-refractivity contribution is 4.77. The van der Waals surface area contributed by atoms with Gasteiger partial charge in [-0.25, -0.2) is 0 Å². The molecule has 0 saturated carbocycles. The maximum absolute atomic E-state index is 9.34. The molecular weight excluding hydrogens is 154 g/mol. The van der Waals surface area contributed by atoms with E-state index in [0.29, 0.717) is 5.92 Å². The Hall–Kier alpha value is -0.590. The predicted molar refractivity (Wildman–Crippen MR) is 44.4 cm³/mol. The normalized spacial score (nSPS) is 21.7. The molecule has 0 radical (unpaired) electrons. The first-order chi connectivity index (χ1) is 5.83. The second kappa shape index (κ2) is 5.13. The molecule has 1 N–H and O–H groups in total. The second-order valence-corrected chi connectivity index (χ2v) is 3.31. The summed E-state index contributed by atoms with van der Waals surface area (Å²) in [5, 5.41) is 17.7. The van der Waals surface area contributed by atoms with Crippen LogP contribution in [0.2, 0.25) is 0 Å². The fourth-order valence-electron chi connectivity index (χ4n) is 1.56. The molecule has 3 nitrogen and oxygen atoms in total. The van der Waals surface area contributed by atoms with Crippen LogP contribution in [0.15, 0.2) is 0 Å². The third-order valence-corrected chi connectivity index (χ3v) is 2.27. The summed E-state index contributed by atoms with van der Waals surface area (Å²) >= 11 is 0. The van der Waals surface area contributed by atoms with E-state index in [4.69, 9.17) is 10.00 Å².